The number of pyridine rings is 1. The second-order valence-electron chi connectivity index (χ2n) is 4.19. The summed E-state index contributed by atoms with van der Waals surface area (Å²) in [6.45, 7) is 4.03. The van der Waals surface area contributed by atoms with Crippen LogP contribution in [0, 0.1) is 0 Å². The molecular weight excluding hydrogens is 246 g/mol. The fraction of sp³-hybridized carbons (Fsp3) is 0.250. The molecule has 2 aromatic heterocycles. The number of aromatic nitrogens is 3. The number of amidine groups is 1. The molecule has 0 atom stereocenters. The van der Waals surface area contributed by atoms with Crippen molar-refractivity contribution in [3.05, 3.63) is 36.3 Å². The molecule has 7 heteroatoms. The fourth-order valence-corrected chi connectivity index (χ4v) is 1.49. The Morgan fingerprint density at radius 1 is 1.53 bits per heavy atom. The Kier molecular flexibility index (Phi) is 3.65. The van der Waals surface area contributed by atoms with Crippen LogP contribution < -0.4 is 10.5 Å². The molecule has 19 heavy (non-hydrogen) atoms. The number of ether oxygens (including phenoxy) is 1. The topological polar surface area (TPSA) is 98.6 Å². The van der Waals surface area contributed by atoms with E-state index in [1.54, 1.807) is 35.4 Å². The monoisotopic (exact) mass is 261 g/mol. The Hall–Kier alpha value is -2.57. The third-order valence-corrected chi connectivity index (χ3v) is 2.48. The molecule has 2 aromatic rings. The quantitative estimate of drug-likeness (QED) is 0.378. The summed E-state index contributed by atoms with van der Waals surface area (Å²) in [4.78, 5) is 4.07. The highest BCUT2D eigenvalue weighted by Gasteiger charge is 2.11. The van der Waals surface area contributed by atoms with E-state index >= 15 is 0 Å². The predicted molar refractivity (Wildman–Crippen MR) is 69.4 cm³/mol. The average Bonchev–Trinajstić information content (AvgIpc) is 2.87. The highest BCUT2D eigenvalue weighted by molar-refractivity contribution is 5.99. The Balaban J connectivity index is 2.28. The maximum Gasteiger partial charge on any atom is 0.230 e. The van der Waals surface area contributed by atoms with Gasteiger partial charge in [-0.15, -0.1) is 0 Å². The van der Waals surface area contributed by atoms with Crippen molar-refractivity contribution in [3.8, 4) is 11.6 Å². The molecule has 0 spiro atoms. The van der Waals surface area contributed by atoms with Crippen molar-refractivity contribution >= 4 is 5.84 Å². The predicted octanol–water partition coefficient (Wildman–Crippen LogP) is 1.75. The van der Waals surface area contributed by atoms with Crippen LogP contribution in [0.2, 0.25) is 0 Å². The van der Waals surface area contributed by atoms with Gasteiger partial charge >= 0.3 is 0 Å². The Bertz CT molecular complexity index is 591. The number of nitrogens with zero attached hydrogens (tertiary/aromatic N) is 4. The largest absolute Gasteiger partial charge is 0.435 e. The van der Waals surface area contributed by atoms with Crippen LogP contribution in [0.1, 0.15) is 25.5 Å². The minimum absolute atomic E-state index is 0.0562. The summed E-state index contributed by atoms with van der Waals surface area (Å²) in [6, 6.07) is 3.58. The molecule has 0 unspecified atom stereocenters. The third kappa shape index (κ3) is 2.82. The molecule has 0 radical (unpaired) electrons. The first-order chi connectivity index (χ1) is 9.11. The van der Waals surface area contributed by atoms with Crippen LogP contribution >= 0.6 is 0 Å². The van der Waals surface area contributed by atoms with Crippen LogP contribution in [0.15, 0.2) is 35.9 Å². The molecule has 0 bridgehead atoms. The lowest BCUT2D eigenvalue weighted by atomic mass is 10.2. The van der Waals surface area contributed by atoms with Gasteiger partial charge in [-0.25, -0.2) is 4.98 Å². The van der Waals surface area contributed by atoms with Gasteiger partial charge in [-0.05, 0) is 26.0 Å². The zero-order valence-electron chi connectivity index (χ0n) is 10.7. The van der Waals surface area contributed by atoms with Gasteiger partial charge in [0.1, 0.15) is 0 Å². The van der Waals surface area contributed by atoms with Crippen LogP contribution in [0.4, 0.5) is 0 Å². The zero-order chi connectivity index (χ0) is 13.8. The van der Waals surface area contributed by atoms with Crippen molar-refractivity contribution in [2.75, 3.05) is 0 Å². The Morgan fingerprint density at radius 2 is 2.32 bits per heavy atom. The van der Waals surface area contributed by atoms with E-state index in [1.807, 2.05) is 13.8 Å². The van der Waals surface area contributed by atoms with E-state index in [1.165, 1.54) is 0 Å². The summed E-state index contributed by atoms with van der Waals surface area (Å²) in [7, 11) is 0. The first-order valence-electron chi connectivity index (χ1n) is 5.76. The SMILES string of the molecule is CC(C)n1cc(Oc2ncccc2/C(N)=N/O)cn1. The van der Waals surface area contributed by atoms with Gasteiger partial charge in [0.05, 0.1) is 18.0 Å². The molecule has 3 N–H and O–H groups in total. The van der Waals surface area contributed by atoms with Crippen molar-refractivity contribution in [1.29, 1.82) is 0 Å². The van der Waals surface area contributed by atoms with E-state index in [2.05, 4.69) is 15.2 Å². The maximum atomic E-state index is 8.72. The number of rotatable bonds is 4. The van der Waals surface area contributed by atoms with Crippen LogP contribution in [-0.4, -0.2) is 25.8 Å². The molecular formula is C12H15N5O2. The van der Waals surface area contributed by atoms with Crippen molar-refractivity contribution in [3.63, 3.8) is 0 Å². The van der Waals surface area contributed by atoms with Crippen molar-refractivity contribution in [2.24, 2.45) is 10.9 Å². The fourth-order valence-electron chi connectivity index (χ4n) is 1.49. The lowest BCUT2D eigenvalue weighted by molar-refractivity contribution is 0.318. The minimum Gasteiger partial charge on any atom is -0.435 e. The highest BCUT2D eigenvalue weighted by Crippen LogP contribution is 2.23. The normalized spacial score (nSPS) is 11.8. The van der Waals surface area contributed by atoms with Gasteiger partial charge in [-0.1, -0.05) is 5.16 Å². The molecule has 0 saturated heterocycles. The number of hydrogen-bond acceptors (Lipinski definition) is 5. The molecule has 2 rings (SSSR count). The van der Waals surface area contributed by atoms with Gasteiger partial charge < -0.3 is 15.7 Å². The number of oxime groups is 1. The van der Waals surface area contributed by atoms with Crippen molar-refractivity contribution < 1.29 is 9.94 Å². The van der Waals surface area contributed by atoms with E-state index in [0.29, 0.717) is 11.3 Å². The van der Waals surface area contributed by atoms with Gasteiger partial charge in [-0.2, -0.15) is 5.10 Å². The maximum absolute atomic E-state index is 8.72. The minimum atomic E-state index is -0.0562. The molecule has 0 aliphatic rings. The standard InChI is InChI=1S/C12H15N5O2/c1-8(2)17-7-9(6-15-17)19-12-10(11(13)16-18)4-3-5-14-12/h3-8,18H,1-2H3,(H2,13,16). The second kappa shape index (κ2) is 5.38. The summed E-state index contributed by atoms with van der Waals surface area (Å²) in [5, 5.41) is 15.8. The van der Waals surface area contributed by atoms with Gasteiger partial charge in [0.15, 0.2) is 11.6 Å². The summed E-state index contributed by atoms with van der Waals surface area (Å²) in [6.07, 6.45) is 4.91. The van der Waals surface area contributed by atoms with Crippen LogP contribution in [0.5, 0.6) is 11.6 Å². The molecule has 0 aliphatic carbocycles. The molecule has 0 aromatic carbocycles. The van der Waals surface area contributed by atoms with Crippen molar-refractivity contribution in [2.45, 2.75) is 19.9 Å². The van der Waals surface area contributed by atoms with Gasteiger partial charge in [0.2, 0.25) is 5.88 Å². The van der Waals surface area contributed by atoms with E-state index in [0.717, 1.165) is 0 Å². The number of hydrogen-bond donors (Lipinski definition) is 2. The summed E-state index contributed by atoms with van der Waals surface area (Å²) in [5.41, 5.74) is 5.98. The van der Waals surface area contributed by atoms with Gasteiger partial charge in [-0.3, -0.25) is 4.68 Å². The molecule has 0 saturated carbocycles. The van der Waals surface area contributed by atoms with Gasteiger partial charge in [0, 0.05) is 12.2 Å². The van der Waals surface area contributed by atoms with E-state index < -0.39 is 0 Å². The van der Waals surface area contributed by atoms with Crippen LogP contribution in [0.25, 0.3) is 0 Å². The Morgan fingerprint density at radius 3 is 2.95 bits per heavy atom. The van der Waals surface area contributed by atoms with Crippen molar-refractivity contribution in [1.82, 2.24) is 14.8 Å². The zero-order valence-corrected chi connectivity index (χ0v) is 10.7. The highest BCUT2D eigenvalue weighted by atomic mass is 16.5. The summed E-state index contributed by atoms with van der Waals surface area (Å²) < 4.78 is 7.36. The average molecular weight is 261 g/mol. The second-order valence-corrected chi connectivity index (χ2v) is 4.19. The van der Waals surface area contributed by atoms with E-state index in [9.17, 15) is 0 Å². The van der Waals surface area contributed by atoms with Crippen LogP contribution in [0.3, 0.4) is 0 Å². The lowest BCUT2D eigenvalue weighted by Crippen LogP contribution is -2.14. The lowest BCUT2D eigenvalue weighted by Gasteiger charge is -2.07. The Labute approximate surface area is 110 Å². The molecule has 0 fully saturated rings. The summed E-state index contributed by atoms with van der Waals surface area (Å²) >= 11 is 0. The summed E-state index contributed by atoms with van der Waals surface area (Å²) in [5.74, 6) is 0.750. The molecule has 7 nitrogen and oxygen atoms in total. The smallest absolute Gasteiger partial charge is 0.230 e. The molecule has 0 amide bonds. The van der Waals surface area contributed by atoms with E-state index in [4.69, 9.17) is 15.7 Å². The molecule has 0 aliphatic heterocycles. The van der Waals surface area contributed by atoms with E-state index in [-0.39, 0.29) is 17.8 Å². The first kappa shape index (κ1) is 12.9. The van der Waals surface area contributed by atoms with Crippen LogP contribution in [-0.2, 0) is 0 Å². The third-order valence-electron chi connectivity index (χ3n) is 2.48. The number of nitrogens with two attached hydrogens (primary N) is 1. The first-order valence-corrected chi connectivity index (χ1v) is 5.76. The van der Waals surface area contributed by atoms with Gasteiger partial charge in [0.25, 0.3) is 0 Å². The molecule has 2 heterocycles. The molecule has 100 valence electrons.